The molecule has 27 heavy (non-hydrogen) atoms. The molecule has 2 heterocycles. The number of rotatable bonds is 7. The zero-order valence-corrected chi connectivity index (χ0v) is 16.5. The average Bonchev–Trinajstić information content (AvgIpc) is 2.94. The van der Waals surface area contributed by atoms with E-state index in [1.165, 1.54) is 29.8 Å². The van der Waals surface area contributed by atoms with Crippen molar-refractivity contribution in [2.24, 2.45) is 5.92 Å². The van der Waals surface area contributed by atoms with Gasteiger partial charge in [-0.15, -0.1) is 11.8 Å². The number of aliphatic carboxylic acids is 1. The van der Waals surface area contributed by atoms with Crippen molar-refractivity contribution in [2.45, 2.75) is 36.5 Å². The molecule has 2 aliphatic heterocycles. The highest BCUT2D eigenvalue weighted by Gasteiger charge is 2.56. The van der Waals surface area contributed by atoms with Crippen molar-refractivity contribution >= 4 is 41.3 Å². The number of fused-ring (bicyclic) bond motifs is 1. The van der Waals surface area contributed by atoms with Crippen molar-refractivity contribution in [3.05, 3.63) is 52.5 Å². The molecular weight excluding hydrogens is 384 g/mol. The molecule has 1 aromatic rings. The number of amides is 2. The number of β-lactam (4-membered cyclic amide) rings is 1. The third kappa shape index (κ3) is 4.06. The second-order valence-corrected chi connectivity index (χ2v) is 8.79. The van der Waals surface area contributed by atoms with Crippen molar-refractivity contribution in [1.82, 2.24) is 10.2 Å². The maximum absolute atomic E-state index is 12.7. The second kappa shape index (κ2) is 8.22. The number of carboxylic acids is 1. The van der Waals surface area contributed by atoms with Gasteiger partial charge in [0.15, 0.2) is 0 Å². The lowest BCUT2D eigenvalue weighted by Gasteiger charge is -2.45. The standard InChI is InChI=1S/C19H20N2O4S2/c1-11(27-13-6-4-3-5-7-13)16-14-10-15(26-9-8-20-12(2)22)17(19(24)25)21(14)18(16)23/h3-9,11,14,16H,10H2,1-2H3,(H,20,22)(H,24,25)/b9-8+/t11-,14+,16+/m0/s1. The fraction of sp³-hybridized carbons (Fsp3) is 0.316. The van der Waals surface area contributed by atoms with Gasteiger partial charge in [-0.1, -0.05) is 36.9 Å². The lowest BCUT2D eigenvalue weighted by atomic mass is 9.85. The molecule has 2 N–H and O–H groups in total. The average molecular weight is 405 g/mol. The normalized spacial score (nSPS) is 22.6. The predicted octanol–water partition coefficient (Wildman–Crippen LogP) is 3.03. The van der Waals surface area contributed by atoms with Gasteiger partial charge >= 0.3 is 5.97 Å². The molecule has 1 fully saturated rings. The predicted molar refractivity (Wildman–Crippen MR) is 106 cm³/mol. The van der Waals surface area contributed by atoms with Crippen LogP contribution in [0.3, 0.4) is 0 Å². The fourth-order valence-electron chi connectivity index (χ4n) is 3.38. The van der Waals surface area contributed by atoms with E-state index in [1.807, 2.05) is 37.3 Å². The van der Waals surface area contributed by atoms with Crippen LogP contribution in [0.4, 0.5) is 0 Å². The van der Waals surface area contributed by atoms with Gasteiger partial charge in [-0.2, -0.15) is 0 Å². The lowest BCUT2D eigenvalue weighted by Crippen LogP contribution is -2.61. The molecular formula is C19H20N2O4S2. The molecule has 0 radical (unpaired) electrons. The van der Waals surface area contributed by atoms with Crippen LogP contribution >= 0.6 is 23.5 Å². The first-order chi connectivity index (χ1) is 12.9. The maximum Gasteiger partial charge on any atom is 0.353 e. The van der Waals surface area contributed by atoms with E-state index in [0.717, 1.165) is 4.90 Å². The van der Waals surface area contributed by atoms with Crippen molar-refractivity contribution in [2.75, 3.05) is 0 Å². The molecule has 2 aliphatic rings. The highest BCUT2D eigenvalue weighted by atomic mass is 32.2. The SMILES string of the molecule is CC(=O)N/C=C/SC1=C(C(=O)O)N2C(=O)[C@H]([C@H](C)Sc3ccccc3)[C@H]2C1. The Hall–Kier alpha value is -2.19. The van der Waals surface area contributed by atoms with Crippen LogP contribution < -0.4 is 5.32 Å². The van der Waals surface area contributed by atoms with E-state index >= 15 is 0 Å². The van der Waals surface area contributed by atoms with Crippen LogP contribution in [0.2, 0.25) is 0 Å². The number of carbonyl (C=O) groups excluding carboxylic acids is 2. The summed E-state index contributed by atoms with van der Waals surface area (Å²) in [5.41, 5.74) is 0.0654. The van der Waals surface area contributed by atoms with Crippen LogP contribution in [0, 0.1) is 5.92 Å². The smallest absolute Gasteiger partial charge is 0.353 e. The van der Waals surface area contributed by atoms with Gasteiger partial charge in [0.1, 0.15) is 5.70 Å². The van der Waals surface area contributed by atoms with Gasteiger partial charge in [0.2, 0.25) is 11.8 Å². The van der Waals surface area contributed by atoms with Crippen molar-refractivity contribution in [1.29, 1.82) is 0 Å². The third-order valence-corrected chi connectivity index (χ3v) is 6.63. The second-order valence-electron chi connectivity index (χ2n) is 6.34. The summed E-state index contributed by atoms with van der Waals surface area (Å²) in [4.78, 5) is 38.4. The third-order valence-electron chi connectivity index (χ3n) is 4.51. The summed E-state index contributed by atoms with van der Waals surface area (Å²) in [5.74, 6) is -1.63. The van der Waals surface area contributed by atoms with Gasteiger partial charge in [0.05, 0.1) is 12.0 Å². The van der Waals surface area contributed by atoms with E-state index in [4.69, 9.17) is 0 Å². The molecule has 1 saturated heterocycles. The number of nitrogens with zero attached hydrogens (tertiary/aromatic N) is 1. The van der Waals surface area contributed by atoms with Crippen molar-refractivity contribution in [3.63, 3.8) is 0 Å². The summed E-state index contributed by atoms with van der Waals surface area (Å²) in [6.07, 6.45) is 2.00. The Morgan fingerprint density at radius 1 is 1.33 bits per heavy atom. The van der Waals surface area contributed by atoms with E-state index in [9.17, 15) is 19.5 Å². The fourth-order valence-corrected chi connectivity index (χ4v) is 5.43. The largest absolute Gasteiger partial charge is 0.477 e. The minimum absolute atomic E-state index is 0.0514. The molecule has 0 bridgehead atoms. The van der Waals surface area contributed by atoms with Gasteiger partial charge in [0, 0.05) is 34.6 Å². The van der Waals surface area contributed by atoms with E-state index in [1.54, 1.807) is 17.2 Å². The minimum Gasteiger partial charge on any atom is -0.477 e. The summed E-state index contributed by atoms with van der Waals surface area (Å²) in [6, 6.07) is 9.76. The first-order valence-electron chi connectivity index (χ1n) is 8.50. The Balaban J connectivity index is 1.70. The minimum atomic E-state index is -1.09. The zero-order valence-electron chi connectivity index (χ0n) is 14.9. The molecule has 0 spiro atoms. The summed E-state index contributed by atoms with van der Waals surface area (Å²) < 4.78 is 0. The van der Waals surface area contributed by atoms with E-state index in [2.05, 4.69) is 5.32 Å². The van der Waals surface area contributed by atoms with Crippen LogP contribution in [-0.4, -0.2) is 39.1 Å². The molecule has 2 amide bonds. The first kappa shape index (κ1) is 19.6. The van der Waals surface area contributed by atoms with Crippen molar-refractivity contribution < 1.29 is 19.5 Å². The number of carboxylic acid groups (broad SMARTS) is 1. The molecule has 8 heteroatoms. The molecule has 3 rings (SSSR count). The number of nitrogens with one attached hydrogen (secondary N) is 1. The zero-order chi connectivity index (χ0) is 19.6. The van der Waals surface area contributed by atoms with Crippen molar-refractivity contribution in [3.8, 4) is 0 Å². The number of carbonyl (C=O) groups is 3. The number of hydrogen-bond acceptors (Lipinski definition) is 5. The topological polar surface area (TPSA) is 86.7 Å². The quantitative estimate of drug-likeness (QED) is 0.537. The summed E-state index contributed by atoms with van der Waals surface area (Å²) in [7, 11) is 0. The lowest BCUT2D eigenvalue weighted by molar-refractivity contribution is -0.154. The Kier molecular flexibility index (Phi) is 5.96. The Morgan fingerprint density at radius 2 is 2.04 bits per heavy atom. The Morgan fingerprint density at radius 3 is 2.67 bits per heavy atom. The number of thioether (sulfide) groups is 2. The van der Waals surface area contributed by atoms with Crippen LogP contribution in [-0.2, 0) is 14.4 Å². The summed E-state index contributed by atoms with van der Waals surface area (Å²) in [5, 5.41) is 13.8. The maximum atomic E-state index is 12.7. The van der Waals surface area contributed by atoms with Crippen LogP contribution in [0.15, 0.2) is 57.4 Å². The Bertz CT molecular complexity index is 822. The molecule has 1 aromatic carbocycles. The molecule has 0 aliphatic carbocycles. The van der Waals surface area contributed by atoms with Gasteiger partial charge in [-0.05, 0) is 17.5 Å². The summed E-state index contributed by atoms with van der Waals surface area (Å²) in [6.45, 7) is 3.41. The van der Waals surface area contributed by atoms with E-state index in [0.29, 0.717) is 11.3 Å². The summed E-state index contributed by atoms with van der Waals surface area (Å²) >= 11 is 2.87. The van der Waals surface area contributed by atoms with Gasteiger partial charge in [0.25, 0.3) is 0 Å². The van der Waals surface area contributed by atoms with Gasteiger partial charge < -0.3 is 15.3 Å². The molecule has 0 saturated carbocycles. The number of benzene rings is 1. The monoisotopic (exact) mass is 404 g/mol. The van der Waals surface area contributed by atoms with Crippen LogP contribution in [0.5, 0.6) is 0 Å². The first-order valence-corrected chi connectivity index (χ1v) is 10.3. The van der Waals surface area contributed by atoms with Gasteiger partial charge in [-0.25, -0.2) is 4.79 Å². The van der Waals surface area contributed by atoms with E-state index in [-0.39, 0.29) is 34.7 Å². The number of hydrogen-bond donors (Lipinski definition) is 2. The van der Waals surface area contributed by atoms with Crippen LogP contribution in [0.25, 0.3) is 0 Å². The molecule has 142 valence electrons. The van der Waals surface area contributed by atoms with E-state index < -0.39 is 5.97 Å². The Labute approximate surface area is 166 Å². The van der Waals surface area contributed by atoms with Gasteiger partial charge in [-0.3, -0.25) is 9.59 Å². The molecule has 6 nitrogen and oxygen atoms in total. The van der Waals surface area contributed by atoms with Crippen LogP contribution in [0.1, 0.15) is 20.3 Å². The highest BCUT2D eigenvalue weighted by Crippen LogP contribution is 2.49. The molecule has 0 unspecified atom stereocenters. The molecule has 3 atom stereocenters. The molecule has 0 aromatic heterocycles. The highest BCUT2D eigenvalue weighted by molar-refractivity contribution is 8.05.